The first-order valence-electron chi connectivity index (χ1n) is 6.50. The topological polar surface area (TPSA) is 52.4 Å². The van der Waals surface area contributed by atoms with Crippen LogP contribution in [0.25, 0.3) is 0 Å². The van der Waals surface area contributed by atoms with Gasteiger partial charge in [-0.05, 0) is 31.0 Å². The molecule has 0 spiro atoms. The van der Waals surface area contributed by atoms with Gasteiger partial charge in [0.15, 0.2) is 11.6 Å². The summed E-state index contributed by atoms with van der Waals surface area (Å²) in [5, 5.41) is 11.6. The Hall–Kier alpha value is -1.85. The highest BCUT2D eigenvalue weighted by Crippen LogP contribution is 2.52. The molecule has 0 N–H and O–H groups in total. The second kappa shape index (κ2) is 5.41. The van der Waals surface area contributed by atoms with Crippen LogP contribution < -0.4 is 4.74 Å². The SMILES string of the molecule is O=[N+]([O-])c1ccc(OC2(c3ccc(Cl)cc3Cl)CC2)c(F)c1. The number of hydrogen-bond acceptors (Lipinski definition) is 3. The maximum absolute atomic E-state index is 14.0. The Kier molecular flexibility index (Phi) is 3.70. The van der Waals surface area contributed by atoms with E-state index in [0.717, 1.165) is 11.6 Å². The first-order valence-corrected chi connectivity index (χ1v) is 7.25. The number of hydrogen-bond donors (Lipinski definition) is 0. The molecule has 4 nitrogen and oxygen atoms in total. The third-order valence-corrected chi connectivity index (χ3v) is 4.11. The fourth-order valence-electron chi connectivity index (χ4n) is 2.30. The summed E-state index contributed by atoms with van der Waals surface area (Å²) in [6, 6.07) is 8.36. The molecular weight excluding hydrogens is 332 g/mol. The number of non-ortho nitro benzene ring substituents is 1. The van der Waals surface area contributed by atoms with Crippen molar-refractivity contribution in [3.8, 4) is 5.75 Å². The second-order valence-electron chi connectivity index (χ2n) is 5.09. The molecule has 1 fully saturated rings. The lowest BCUT2D eigenvalue weighted by Gasteiger charge is -2.20. The van der Waals surface area contributed by atoms with Crippen molar-refractivity contribution in [2.24, 2.45) is 0 Å². The van der Waals surface area contributed by atoms with Crippen LogP contribution in [0.4, 0.5) is 10.1 Å². The Morgan fingerprint density at radius 3 is 2.45 bits per heavy atom. The van der Waals surface area contributed by atoms with Gasteiger partial charge < -0.3 is 4.74 Å². The Balaban J connectivity index is 1.91. The van der Waals surface area contributed by atoms with E-state index in [1.807, 2.05) is 0 Å². The van der Waals surface area contributed by atoms with Crippen molar-refractivity contribution in [1.82, 2.24) is 0 Å². The minimum Gasteiger partial charge on any atom is -0.479 e. The highest BCUT2D eigenvalue weighted by molar-refractivity contribution is 6.35. The molecule has 22 heavy (non-hydrogen) atoms. The summed E-state index contributed by atoms with van der Waals surface area (Å²) in [7, 11) is 0. The molecule has 2 aromatic rings. The molecule has 7 heteroatoms. The quantitative estimate of drug-likeness (QED) is 0.573. The van der Waals surface area contributed by atoms with Crippen LogP contribution in [0.2, 0.25) is 10.0 Å². The van der Waals surface area contributed by atoms with Crippen molar-refractivity contribution in [2.75, 3.05) is 0 Å². The van der Waals surface area contributed by atoms with E-state index >= 15 is 0 Å². The van der Waals surface area contributed by atoms with Crippen LogP contribution in [0, 0.1) is 15.9 Å². The zero-order valence-corrected chi connectivity index (χ0v) is 12.7. The zero-order valence-electron chi connectivity index (χ0n) is 11.2. The first kappa shape index (κ1) is 15.1. The van der Waals surface area contributed by atoms with Crippen LogP contribution >= 0.6 is 23.2 Å². The number of nitro benzene ring substituents is 1. The number of nitrogens with zero attached hydrogens (tertiary/aromatic N) is 1. The molecule has 0 aromatic heterocycles. The van der Waals surface area contributed by atoms with Crippen LogP contribution in [0.1, 0.15) is 18.4 Å². The summed E-state index contributed by atoms with van der Waals surface area (Å²) in [6.45, 7) is 0. The molecule has 0 radical (unpaired) electrons. The Morgan fingerprint density at radius 2 is 1.91 bits per heavy atom. The summed E-state index contributed by atoms with van der Waals surface area (Å²) in [6.07, 6.45) is 1.37. The van der Waals surface area contributed by atoms with E-state index in [1.54, 1.807) is 18.2 Å². The zero-order chi connectivity index (χ0) is 15.9. The summed E-state index contributed by atoms with van der Waals surface area (Å²) in [4.78, 5) is 9.97. The van der Waals surface area contributed by atoms with Crippen molar-refractivity contribution >= 4 is 28.9 Å². The number of halogens is 3. The standard InChI is InChI=1S/C15H10Cl2FNO3/c16-9-1-3-11(12(17)7-9)15(5-6-15)22-14-4-2-10(19(20)21)8-13(14)18/h1-4,7-8H,5-6H2. The van der Waals surface area contributed by atoms with Crippen molar-refractivity contribution in [1.29, 1.82) is 0 Å². The van der Waals surface area contributed by atoms with Crippen molar-refractivity contribution in [3.05, 3.63) is 67.9 Å². The molecule has 114 valence electrons. The van der Waals surface area contributed by atoms with Crippen LogP contribution in [0.15, 0.2) is 36.4 Å². The fourth-order valence-corrected chi connectivity index (χ4v) is 2.88. The van der Waals surface area contributed by atoms with Gasteiger partial charge in [0, 0.05) is 21.7 Å². The number of nitro groups is 1. The Bertz CT molecular complexity index is 762. The van der Waals surface area contributed by atoms with E-state index < -0.39 is 16.3 Å². The maximum atomic E-state index is 14.0. The third kappa shape index (κ3) is 2.74. The van der Waals surface area contributed by atoms with E-state index in [1.165, 1.54) is 12.1 Å². The van der Waals surface area contributed by atoms with Crippen LogP contribution in [0.3, 0.4) is 0 Å². The first-order chi connectivity index (χ1) is 10.4. The van der Waals surface area contributed by atoms with Gasteiger partial charge >= 0.3 is 0 Å². The molecule has 1 saturated carbocycles. The summed E-state index contributed by atoms with van der Waals surface area (Å²) >= 11 is 12.1. The predicted molar refractivity (Wildman–Crippen MR) is 81.1 cm³/mol. The predicted octanol–water partition coefficient (Wildman–Crippen LogP) is 5.11. The van der Waals surface area contributed by atoms with E-state index in [9.17, 15) is 14.5 Å². The van der Waals surface area contributed by atoms with Crippen LogP contribution in [0.5, 0.6) is 5.75 Å². The molecule has 0 saturated heterocycles. The minimum absolute atomic E-state index is 0.0332. The van der Waals surface area contributed by atoms with Crippen LogP contribution in [-0.2, 0) is 5.60 Å². The largest absolute Gasteiger partial charge is 0.479 e. The van der Waals surface area contributed by atoms with Gasteiger partial charge in [-0.15, -0.1) is 0 Å². The van der Waals surface area contributed by atoms with E-state index in [0.29, 0.717) is 22.9 Å². The van der Waals surface area contributed by atoms with Gasteiger partial charge in [-0.3, -0.25) is 10.1 Å². The smallest absolute Gasteiger partial charge is 0.272 e. The number of rotatable bonds is 4. The molecule has 1 aliphatic carbocycles. The molecule has 0 atom stereocenters. The summed E-state index contributed by atoms with van der Waals surface area (Å²) < 4.78 is 19.7. The van der Waals surface area contributed by atoms with Crippen molar-refractivity contribution in [2.45, 2.75) is 18.4 Å². The lowest BCUT2D eigenvalue weighted by Crippen LogP contribution is -2.17. The third-order valence-electron chi connectivity index (χ3n) is 3.56. The highest BCUT2D eigenvalue weighted by Gasteiger charge is 2.49. The average Bonchev–Trinajstić information content (AvgIpc) is 3.21. The number of benzene rings is 2. The van der Waals surface area contributed by atoms with Crippen molar-refractivity contribution in [3.63, 3.8) is 0 Å². The molecule has 1 aliphatic rings. The monoisotopic (exact) mass is 341 g/mol. The fraction of sp³-hybridized carbons (Fsp3) is 0.200. The van der Waals surface area contributed by atoms with E-state index in [4.69, 9.17) is 27.9 Å². The molecule has 0 aliphatic heterocycles. The molecule has 0 unspecified atom stereocenters. The molecule has 0 amide bonds. The molecular formula is C15H10Cl2FNO3. The molecule has 0 bridgehead atoms. The van der Waals surface area contributed by atoms with E-state index in [-0.39, 0.29) is 11.4 Å². The maximum Gasteiger partial charge on any atom is 0.272 e. The normalized spacial score (nSPS) is 15.4. The van der Waals surface area contributed by atoms with Gasteiger partial charge in [0.05, 0.1) is 11.0 Å². The van der Waals surface area contributed by atoms with Crippen molar-refractivity contribution < 1.29 is 14.1 Å². The molecule has 2 aromatic carbocycles. The summed E-state index contributed by atoms with van der Waals surface area (Å²) in [5.41, 5.74) is -0.283. The summed E-state index contributed by atoms with van der Waals surface area (Å²) in [5.74, 6) is -0.806. The average molecular weight is 342 g/mol. The lowest BCUT2D eigenvalue weighted by atomic mass is 10.1. The molecule has 0 heterocycles. The van der Waals surface area contributed by atoms with Gasteiger partial charge in [0.25, 0.3) is 5.69 Å². The van der Waals surface area contributed by atoms with Crippen LogP contribution in [-0.4, -0.2) is 4.92 Å². The molecule has 3 rings (SSSR count). The van der Waals surface area contributed by atoms with Gasteiger partial charge in [-0.1, -0.05) is 29.3 Å². The number of ether oxygens (including phenoxy) is 1. The minimum atomic E-state index is -0.773. The van der Waals surface area contributed by atoms with E-state index in [2.05, 4.69) is 0 Å². The Morgan fingerprint density at radius 1 is 1.18 bits per heavy atom. The van der Waals surface area contributed by atoms with Gasteiger partial charge in [0.2, 0.25) is 0 Å². The van der Waals surface area contributed by atoms with Gasteiger partial charge in [-0.25, -0.2) is 4.39 Å². The Labute approximate surface area is 135 Å². The second-order valence-corrected chi connectivity index (χ2v) is 5.94. The highest BCUT2D eigenvalue weighted by atomic mass is 35.5. The van der Waals surface area contributed by atoms with Gasteiger partial charge in [-0.2, -0.15) is 0 Å². The van der Waals surface area contributed by atoms with Gasteiger partial charge in [0.1, 0.15) is 5.60 Å². The lowest BCUT2D eigenvalue weighted by molar-refractivity contribution is -0.385.